The van der Waals surface area contributed by atoms with Crippen molar-refractivity contribution in [3.05, 3.63) is 0 Å². The number of amides is 1. The maximum absolute atomic E-state index is 11.8. The molecule has 0 aromatic carbocycles. The Kier molecular flexibility index (Phi) is 6.21. The maximum atomic E-state index is 11.8. The first kappa shape index (κ1) is 15.0. The van der Waals surface area contributed by atoms with Crippen LogP contribution in [0.25, 0.3) is 0 Å². The van der Waals surface area contributed by atoms with Gasteiger partial charge in [0, 0.05) is 31.5 Å². The highest BCUT2D eigenvalue weighted by Crippen LogP contribution is 2.10. The van der Waals surface area contributed by atoms with Gasteiger partial charge in [0.1, 0.15) is 0 Å². The minimum absolute atomic E-state index is 0.0608. The number of hydrogen-bond acceptors (Lipinski definition) is 2. The molecule has 1 amide bonds. The van der Waals surface area contributed by atoms with Crippen LogP contribution in [0.2, 0.25) is 0 Å². The van der Waals surface area contributed by atoms with E-state index in [0.717, 1.165) is 32.5 Å². The van der Waals surface area contributed by atoms with Gasteiger partial charge in [-0.05, 0) is 40.0 Å². The molecule has 3 heteroatoms. The molecule has 1 aliphatic rings. The lowest BCUT2D eigenvalue weighted by Crippen LogP contribution is -2.37. The first-order valence-corrected chi connectivity index (χ1v) is 6.97. The van der Waals surface area contributed by atoms with Gasteiger partial charge in [0.2, 0.25) is 5.91 Å². The van der Waals surface area contributed by atoms with Gasteiger partial charge in [0.25, 0.3) is 0 Å². The normalized spacial score (nSPS) is 16.1. The third-order valence-corrected chi connectivity index (χ3v) is 2.90. The quantitative estimate of drug-likeness (QED) is 0.611. The second-order valence-corrected chi connectivity index (χ2v) is 5.92. The Hall–Kier alpha value is -1.01. The molecular weight excluding hydrogens is 224 g/mol. The summed E-state index contributed by atoms with van der Waals surface area (Å²) >= 11 is 0. The standard InChI is InChI=1S/C15H26N2O/c1-15(2,3)9-7-10-16-11-8-14(18)17-12-5-4-6-13-17/h16H,4-6,8,10-13H2,1-3H3. The molecule has 0 atom stereocenters. The number of carbonyl (C=O) groups excluding carboxylic acids is 1. The van der Waals surface area contributed by atoms with Crippen LogP contribution in [0.1, 0.15) is 46.5 Å². The van der Waals surface area contributed by atoms with Gasteiger partial charge in [0.05, 0.1) is 6.54 Å². The van der Waals surface area contributed by atoms with E-state index in [-0.39, 0.29) is 11.3 Å². The van der Waals surface area contributed by atoms with Crippen molar-refractivity contribution >= 4 is 5.91 Å². The van der Waals surface area contributed by atoms with Gasteiger partial charge >= 0.3 is 0 Å². The molecule has 3 nitrogen and oxygen atoms in total. The predicted molar refractivity (Wildman–Crippen MR) is 75.1 cm³/mol. The van der Waals surface area contributed by atoms with Gasteiger partial charge in [-0.25, -0.2) is 0 Å². The number of nitrogens with zero attached hydrogens (tertiary/aromatic N) is 1. The predicted octanol–water partition coefficient (Wildman–Crippen LogP) is 2.03. The fourth-order valence-corrected chi connectivity index (χ4v) is 1.96. The summed E-state index contributed by atoms with van der Waals surface area (Å²) in [5, 5.41) is 3.21. The van der Waals surface area contributed by atoms with E-state index >= 15 is 0 Å². The van der Waals surface area contributed by atoms with Gasteiger partial charge in [-0.3, -0.25) is 4.79 Å². The van der Waals surface area contributed by atoms with Gasteiger partial charge in [-0.2, -0.15) is 0 Å². The number of likely N-dealkylation sites (tertiary alicyclic amines) is 1. The number of hydrogen-bond donors (Lipinski definition) is 1. The summed E-state index contributed by atoms with van der Waals surface area (Å²) in [6.45, 7) is 9.59. The van der Waals surface area contributed by atoms with Crippen molar-refractivity contribution in [1.29, 1.82) is 0 Å². The van der Waals surface area contributed by atoms with Crippen molar-refractivity contribution in [3.8, 4) is 11.8 Å². The molecule has 18 heavy (non-hydrogen) atoms. The SMILES string of the molecule is CC(C)(C)C#CCNCCC(=O)N1CCCCC1. The molecule has 0 aromatic rings. The van der Waals surface area contributed by atoms with E-state index < -0.39 is 0 Å². The Balaban J connectivity index is 2.10. The molecule has 0 unspecified atom stereocenters. The zero-order valence-corrected chi connectivity index (χ0v) is 12.0. The third-order valence-electron chi connectivity index (χ3n) is 2.90. The van der Waals surface area contributed by atoms with E-state index in [1.54, 1.807) is 0 Å². The van der Waals surface area contributed by atoms with Crippen LogP contribution in [0.15, 0.2) is 0 Å². The van der Waals surface area contributed by atoms with Crippen molar-refractivity contribution in [1.82, 2.24) is 10.2 Å². The first-order chi connectivity index (χ1) is 8.49. The van der Waals surface area contributed by atoms with E-state index in [2.05, 4.69) is 37.9 Å². The van der Waals surface area contributed by atoms with Crippen LogP contribution < -0.4 is 5.32 Å². The largest absolute Gasteiger partial charge is 0.343 e. The van der Waals surface area contributed by atoms with E-state index in [4.69, 9.17) is 0 Å². The molecule has 0 aromatic heterocycles. The molecular formula is C15H26N2O. The molecule has 0 saturated carbocycles. The second-order valence-electron chi connectivity index (χ2n) is 5.92. The summed E-state index contributed by atoms with van der Waals surface area (Å²) in [6.07, 6.45) is 4.19. The number of nitrogens with one attached hydrogen (secondary N) is 1. The molecule has 0 bridgehead atoms. The molecule has 1 rings (SSSR count). The summed E-state index contributed by atoms with van der Waals surface area (Å²) < 4.78 is 0. The Morgan fingerprint density at radius 3 is 2.50 bits per heavy atom. The zero-order chi connectivity index (χ0) is 13.4. The number of carbonyl (C=O) groups is 1. The molecule has 102 valence electrons. The highest BCUT2D eigenvalue weighted by Gasteiger charge is 2.15. The van der Waals surface area contributed by atoms with E-state index in [0.29, 0.717) is 13.0 Å². The summed E-state index contributed by atoms with van der Waals surface area (Å²) in [7, 11) is 0. The zero-order valence-electron chi connectivity index (χ0n) is 12.0. The van der Waals surface area contributed by atoms with Crippen molar-refractivity contribution in [2.45, 2.75) is 46.5 Å². The van der Waals surface area contributed by atoms with E-state index in [1.807, 2.05) is 4.90 Å². The van der Waals surface area contributed by atoms with Gasteiger partial charge in [-0.1, -0.05) is 11.8 Å². The molecule has 1 N–H and O–H groups in total. The highest BCUT2D eigenvalue weighted by atomic mass is 16.2. The van der Waals surface area contributed by atoms with Crippen molar-refractivity contribution in [2.75, 3.05) is 26.2 Å². The van der Waals surface area contributed by atoms with Gasteiger partial charge in [-0.15, -0.1) is 0 Å². The molecule has 1 saturated heterocycles. The van der Waals surface area contributed by atoms with Crippen LogP contribution in [-0.4, -0.2) is 37.0 Å². The van der Waals surface area contributed by atoms with Crippen LogP contribution in [-0.2, 0) is 4.79 Å². The highest BCUT2D eigenvalue weighted by molar-refractivity contribution is 5.76. The smallest absolute Gasteiger partial charge is 0.223 e. The molecule has 1 fully saturated rings. The average molecular weight is 250 g/mol. The van der Waals surface area contributed by atoms with E-state index in [9.17, 15) is 4.79 Å². The fourth-order valence-electron chi connectivity index (χ4n) is 1.96. The van der Waals surface area contributed by atoms with Crippen molar-refractivity contribution in [3.63, 3.8) is 0 Å². The Morgan fingerprint density at radius 1 is 1.22 bits per heavy atom. The fraction of sp³-hybridized carbons (Fsp3) is 0.800. The van der Waals surface area contributed by atoms with Crippen LogP contribution in [0, 0.1) is 17.3 Å². The summed E-state index contributed by atoms with van der Waals surface area (Å²) in [5.41, 5.74) is 0.0608. The Morgan fingerprint density at radius 2 is 1.89 bits per heavy atom. The van der Waals surface area contributed by atoms with Crippen LogP contribution in [0.4, 0.5) is 0 Å². The summed E-state index contributed by atoms with van der Waals surface area (Å²) in [6, 6.07) is 0. The summed E-state index contributed by atoms with van der Waals surface area (Å²) in [4.78, 5) is 13.8. The molecule has 1 heterocycles. The van der Waals surface area contributed by atoms with Gasteiger partial charge < -0.3 is 10.2 Å². The number of rotatable bonds is 4. The monoisotopic (exact) mass is 250 g/mol. The average Bonchev–Trinajstić information content (AvgIpc) is 2.33. The van der Waals surface area contributed by atoms with Crippen molar-refractivity contribution in [2.24, 2.45) is 5.41 Å². The lowest BCUT2D eigenvalue weighted by molar-refractivity contribution is -0.131. The topological polar surface area (TPSA) is 32.3 Å². The second kappa shape index (κ2) is 7.43. The summed E-state index contributed by atoms with van der Waals surface area (Å²) in [5.74, 6) is 6.54. The maximum Gasteiger partial charge on any atom is 0.223 e. The van der Waals surface area contributed by atoms with Crippen LogP contribution >= 0.6 is 0 Å². The van der Waals surface area contributed by atoms with Crippen molar-refractivity contribution < 1.29 is 4.79 Å². The molecule has 0 radical (unpaired) electrons. The minimum Gasteiger partial charge on any atom is -0.343 e. The van der Waals surface area contributed by atoms with Crippen LogP contribution in [0.5, 0.6) is 0 Å². The van der Waals surface area contributed by atoms with Gasteiger partial charge in [0.15, 0.2) is 0 Å². The van der Waals surface area contributed by atoms with E-state index in [1.165, 1.54) is 6.42 Å². The lowest BCUT2D eigenvalue weighted by atomic mass is 9.98. The number of piperidine rings is 1. The van der Waals surface area contributed by atoms with Crippen LogP contribution in [0.3, 0.4) is 0 Å². The molecule has 1 aliphatic heterocycles. The first-order valence-electron chi connectivity index (χ1n) is 6.97. The Bertz CT molecular complexity index is 314. The molecule has 0 spiro atoms. The third kappa shape index (κ3) is 6.66. The molecule has 0 aliphatic carbocycles. The lowest BCUT2D eigenvalue weighted by Gasteiger charge is -2.26. The minimum atomic E-state index is 0.0608. The Labute approximate surface area is 111 Å².